The SMILES string of the molecule is O=C(N[C@H]1N=C(c2ccccc2)c2ccccc2NC1=O)c1cnn(C2CC2)c1-c1ccc(NC2CC2)nc1F. The van der Waals surface area contributed by atoms with Gasteiger partial charge in [0.05, 0.1) is 40.5 Å². The lowest BCUT2D eigenvalue weighted by Crippen LogP contribution is -2.42. The van der Waals surface area contributed by atoms with Crippen molar-refractivity contribution < 1.29 is 14.0 Å². The highest BCUT2D eigenvalue weighted by atomic mass is 19.1. The number of nitrogens with one attached hydrogen (secondary N) is 3. The molecule has 3 N–H and O–H groups in total. The van der Waals surface area contributed by atoms with Crippen LogP contribution in [0.25, 0.3) is 11.3 Å². The fourth-order valence-electron chi connectivity index (χ4n) is 4.90. The van der Waals surface area contributed by atoms with Crippen LogP contribution in [0.4, 0.5) is 15.9 Å². The highest BCUT2D eigenvalue weighted by Gasteiger charge is 2.34. The average molecular weight is 536 g/mol. The van der Waals surface area contributed by atoms with Crippen molar-refractivity contribution in [1.29, 1.82) is 0 Å². The first-order chi connectivity index (χ1) is 19.5. The lowest BCUT2D eigenvalue weighted by molar-refractivity contribution is -0.117. The second kappa shape index (κ2) is 9.71. The molecule has 10 heteroatoms. The van der Waals surface area contributed by atoms with Crippen molar-refractivity contribution in [2.75, 3.05) is 10.6 Å². The number of carbonyl (C=O) groups excluding carboxylic acids is 2. The Hall–Kier alpha value is -4.86. The van der Waals surface area contributed by atoms with E-state index in [0.717, 1.165) is 36.8 Å². The molecule has 9 nitrogen and oxygen atoms in total. The molecular formula is C30H26FN7O2. The maximum atomic E-state index is 15.3. The van der Waals surface area contributed by atoms with Gasteiger partial charge in [0.25, 0.3) is 11.8 Å². The molecule has 0 radical (unpaired) electrons. The molecule has 2 amide bonds. The van der Waals surface area contributed by atoms with Crippen LogP contribution in [0.5, 0.6) is 0 Å². The maximum absolute atomic E-state index is 15.3. The summed E-state index contributed by atoms with van der Waals surface area (Å²) in [6.07, 6.45) is 4.06. The first-order valence-electron chi connectivity index (χ1n) is 13.4. The predicted molar refractivity (Wildman–Crippen MR) is 149 cm³/mol. The van der Waals surface area contributed by atoms with Crippen molar-refractivity contribution in [3.8, 4) is 11.3 Å². The maximum Gasteiger partial charge on any atom is 0.269 e. The Morgan fingerprint density at radius 1 is 0.950 bits per heavy atom. The number of aromatic nitrogens is 3. The van der Waals surface area contributed by atoms with Crippen molar-refractivity contribution in [1.82, 2.24) is 20.1 Å². The third-order valence-electron chi connectivity index (χ3n) is 7.23. The topological polar surface area (TPSA) is 113 Å². The Labute approximate surface area is 229 Å². The van der Waals surface area contributed by atoms with Crippen molar-refractivity contribution in [2.24, 2.45) is 4.99 Å². The van der Waals surface area contributed by atoms with Gasteiger partial charge < -0.3 is 16.0 Å². The van der Waals surface area contributed by atoms with Crippen LogP contribution in [0.15, 0.2) is 77.9 Å². The van der Waals surface area contributed by atoms with Crippen LogP contribution in [-0.4, -0.2) is 44.5 Å². The number of para-hydroxylation sites is 1. The molecule has 200 valence electrons. The first kappa shape index (κ1) is 24.2. The molecule has 0 saturated heterocycles. The number of nitrogens with zero attached hydrogens (tertiary/aromatic N) is 4. The Bertz CT molecular complexity index is 1660. The summed E-state index contributed by atoms with van der Waals surface area (Å²) in [5, 5.41) is 13.3. The predicted octanol–water partition coefficient (Wildman–Crippen LogP) is 4.54. The number of rotatable bonds is 7. The molecule has 3 heterocycles. The number of anilines is 2. The van der Waals surface area contributed by atoms with Gasteiger partial charge in [-0.1, -0.05) is 48.5 Å². The highest BCUT2D eigenvalue weighted by molar-refractivity contribution is 6.20. The molecule has 0 spiro atoms. The van der Waals surface area contributed by atoms with Crippen molar-refractivity contribution in [3.05, 3.63) is 95.6 Å². The summed E-state index contributed by atoms with van der Waals surface area (Å²) in [5.74, 6) is -1.28. The molecule has 2 fully saturated rings. The molecule has 40 heavy (non-hydrogen) atoms. The number of amides is 2. The Balaban J connectivity index is 1.24. The number of pyridine rings is 1. The van der Waals surface area contributed by atoms with Gasteiger partial charge in [0.1, 0.15) is 5.82 Å². The molecule has 2 saturated carbocycles. The van der Waals surface area contributed by atoms with E-state index in [9.17, 15) is 9.59 Å². The molecule has 3 aliphatic rings. The second-order valence-electron chi connectivity index (χ2n) is 10.3. The number of benzodiazepines with no additional fused rings is 1. The first-order valence-corrected chi connectivity index (χ1v) is 13.4. The van der Waals surface area contributed by atoms with Gasteiger partial charge in [0.2, 0.25) is 12.1 Å². The number of hydrogen-bond donors (Lipinski definition) is 3. The molecular weight excluding hydrogens is 509 g/mol. The summed E-state index contributed by atoms with van der Waals surface area (Å²) >= 11 is 0. The fraction of sp³-hybridized carbons (Fsp3) is 0.233. The van der Waals surface area contributed by atoms with Gasteiger partial charge in [-0.15, -0.1) is 0 Å². The van der Waals surface area contributed by atoms with Crippen LogP contribution in [0.2, 0.25) is 0 Å². The van der Waals surface area contributed by atoms with Crippen LogP contribution < -0.4 is 16.0 Å². The smallest absolute Gasteiger partial charge is 0.269 e. The van der Waals surface area contributed by atoms with Gasteiger partial charge in [-0.05, 0) is 43.9 Å². The number of hydrogen-bond acceptors (Lipinski definition) is 6. The van der Waals surface area contributed by atoms with Gasteiger partial charge >= 0.3 is 0 Å². The van der Waals surface area contributed by atoms with Crippen LogP contribution in [0, 0.1) is 5.95 Å². The molecule has 2 aromatic heterocycles. The van der Waals surface area contributed by atoms with Crippen molar-refractivity contribution in [2.45, 2.75) is 43.9 Å². The lowest BCUT2D eigenvalue weighted by atomic mass is 10.0. The van der Waals surface area contributed by atoms with Crippen LogP contribution in [-0.2, 0) is 4.79 Å². The van der Waals surface area contributed by atoms with E-state index in [1.807, 2.05) is 48.5 Å². The van der Waals surface area contributed by atoms with Crippen LogP contribution in [0.3, 0.4) is 0 Å². The van der Waals surface area contributed by atoms with Crippen molar-refractivity contribution in [3.63, 3.8) is 0 Å². The Morgan fingerprint density at radius 2 is 1.73 bits per heavy atom. The summed E-state index contributed by atoms with van der Waals surface area (Å²) in [7, 11) is 0. The molecule has 0 unspecified atom stereocenters. The van der Waals surface area contributed by atoms with E-state index in [0.29, 0.717) is 29.0 Å². The third kappa shape index (κ3) is 4.61. The van der Waals surface area contributed by atoms with E-state index in [1.54, 1.807) is 22.9 Å². The monoisotopic (exact) mass is 535 g/mol. The van der Waals surface area contributed by atoms with Gasteiger partial charge in [0, 0.05) is 17.2 Å². The van der Waals surface area contributed by atoms with E-state index >= 15 is 4.39 Å². The highest BCUT2D eigenvalue weighted by Crippen LogP contribution is 2.40. The van der Waals surface area contributed by atoms with Crippen molar-refractivity contribution >= 4 is 29.0 Å². The molecule has 0 bridgehead atoms. The van der Waals surface area contributed by atoms with E-state index in [2.05, 4.69) is 26.0 Å². The molecule has 2 aliphatic carbocycles. The summed E-state index contributed by atoms with van der Waals surface area (Å²) in [6, 6.07) is 20.6. The Kier molecular flexibility index (Phi) is 5.87. The fourth-order valence-corrected chi connectivity index (χ4v) is 4.90. The summed E-state index contributed by atoms with van der Waals surface area (Å²) in [5.41, 5.74) is 3.40. The second-order valence-corrected chi connectivity index (χ2v) is 10.3. The molecule has 2 aromatic carbocycles. The molecule has 7 rings (SSSR count). The number of aliphatic imine (C=N–C) groups is 1. The minimum atomic E-state index is -1.22. The summed E-state index contributed by atoms with van der Waals surface area (Å²) in [6.45, 7) is 0. The number of benzene rings is 2. The number of halogens is 1. The van der Waals surface area contributed by atoms with E-state index in [1.165, 1.54) is 6.20 Å². The zero-order valence-corrected chi connectivity index (χ0v) is 21.5. The third-order valence-corrected chi connectivity index (χ3v) is 7.23. The summed E-state index contributed by atoms with van der Waals surface area (Å²) < 4.78 is 17.0. The average Bonchev–Trinajstić information content (AvgIpc) is 3.91. The normalized spacial score (nSPS) is 18.3. The zero-order chi connectivity index (χ0) is 27.2. The van der Waals surface area contributed by atoms with E-state index in [-0.39, 0.29) is 17.2 Å². The van der Waals surface area contributed by atoms with Gasteiger partial charge in [0.15, 0.2) is 0 Å². The van der Waals surface area contributed by atoms with Gasteiger partial charge in [-0.2, -0.15) is 9.49 Å². The van der Waals surface area contributed by atoms with E-state index in [4.69, 9.17) is 4.99 Å². The van der Waals surface area contributed by atoms with Gasteiger partial charge in [-0.3, -0.25) is 14.3 Å². The quantitative estimate of drug-likeness (QED) is 0.301. The minimum absolute atomic E-state index is 0.0820. The minimum Gasteiger partial charge on any atom is -0.367 e. The molecule has 1 aliphatic heterocycles. The Morgan fingerprint density at radius 3 is 2.48 bits per heavy atom. The largest absolute Gasteiger partial charge is 0.367 e. The lowest BCUT2D eigenvalue weighted by Gasteiger charge is -2.15. The number of fused-ring (bicyclic) bond motifs is 1. The molecule has 4 aromatic rings. The zero-order valence-electron chi connectivity index (χ0n) is 21.5. The van der Waals surface area contributed by atoms with E-state index < -0.39 is 23.9 Å². The van der Waals surface area contributed by atoms with Gasteiger partial charge in [-0.25, -0.2) is 9.98 Å². The molecule has 1 atom stereocenters. The summed E-state index contributed by atoms with van der Waals surface area (Å²) in [4.78, 5) is 35.8. The number of carbonyl (C=O) groups is 2. The standard InChI is InChI=1S/C30H26FN7O2/c31-27-21(14-15-24(35-27)33-18-10-11-18)26-22(16-32-38(26)19-12-13-19)29(39)37-28-30(40)34-23-9-5-4-8-20(23)25(36-28)17-6-2-1-3-7-17/h1-9,14-16,18-19,28H,10-13H2,(H,33,35)(H,34,40)(H,37,39)/t28-/m1/s1. The van der Waals surface area contributed by atoms with Crippen LogP contribution >= 0.6 is 0 Å². The van der Waals surface area contributed by atoms with Crippen LogP contribution in [0.1, 0.15) is 53.2 Å².